The van der Waals surface area contributed by atoms with E-state index in [1.165, 1.54) is 6.07 Å². The normalized spacial score (nSPS) is 10.4. The molecular formula is C42H42O7. The van der Waals surface area contributed by atoms with E-state index in [4.69, 9.17) is 18.7 Å². The van der Waals surface area contributed by atoms with Crippen LogP contribution in [-0.4, -0.2) is 23.4 Å². The van der Waals surface area contributed by atoms with E-state index < -0.39 is 5.63 Å². The summed E-state index contributed by atoms with van der Waals surface area (Å²) in [4.78, 5) is 24.2. The molecule has 0 amide bonds. The van der Waals surface area contributed by atoms with Gasteiger partial charge in [-0.25, -0.2) is 9.59 Å². The second-order valence-electron chi connectivity index (χ2n) is 11.2. The summed E-state index contributed by atoms with van der Waals surface area (Å²) >= 11 is 0. The molecule has 0 atom stereocenters. The molecule has 2 N–H and O–H groups in total. The van der Waals surface area contributed by atoms with E-state index in [1.807, 2.05) is 91.0 Å². The van der Waals surface area contributed by atoms with Gasteiger partial charge in [-0.1, -0.05) is 72.8 Å². The van der Waals surface area contributed by atoms with Crippen LogP contribution in [0.5, 0.6) is 11.5 Å². The third-order valence-electron chi connectivity index (χ3n) is 7.48. The number of aliphatic hydroxyl groups is 1. The number of ether oxygens (including phenoxy) is 1. The number of unbranched alkanes of at least 4 members (excludes halogenated alkanes) is 4. The summed E-state index contributed by atoms with van der Waals surface area (Å²) in [5.41, 5.74) is 2.96. The van der Waals surface area contributed by atoms with Crippen LogP contribution in [0.3, 0.4) is 0 Å². The van der Waals surface area contributed by atoms with Crippen molar-refractivity contribution < 1.29 is 23.8 Å². The molecule has 252 valence electrons. The molecule has 0 spiro atoms. The van der Waals surface area contributed by atoms with E-state index in [0.29, 0.717) is 35.5 Å². The molecular weight excluding hydrogens is 616 g/mol. The Labute approximate surface area is 286 Å². The fourth-order valence-corrected chi connectivity index (χ4v) is 4.90. The number of aromatic hydroxyl groups is 1. The van der Waals surface area contributed by atoms with Gasteiger partial charge in [-0.15, -0.1) is 13.2 Å². The number of allylic oxidation sites excluding steroid dienone is 2. The topological polar surface area (TPSA) is 110 Å². The second-order valence-corrected chi connectivity index (χ2v) is 11.2. The van der Waals surface area contributed by atoms with Gasteiger partial charge in [0.15, 0.2) is 0 Å². The number of hydrogen-bond acceptors (Lipinski definition) is 7. The van der Waals surface area contributed by atoms with E-state index in [2.05, 4.69) is 13.2 Å². The Bertz CT molecular complexity index is 2040. The average molecular weight is 659 g/mol. The highest BCUT2D eigenvalue weighted by molar-refractivity contribution is 5.83. The summed E-state index contributed by atoms with van der Waals surface area (Å²) in [6.07, 6.45) is 9.82. The Morgan fingerprint density at radius 1 is 0.612 bits per heavy atom. The first-order valence-corrected chi connectivity index (χ1v) is 16.3. The molecule has 0 aliphatic carbocycles. The Hall–Kier alpha value is -5.66. The molecule has 7 nitrogen and oxygen atoms in total. The summed E-state index contributed by atoms with van der Waals surface area (Å²) in [7, 11) is 0. The maximum atomic E-state index is 12.3. The Morgan fingerprint density at radius 3 is 1.65 bits per heavy atom. The van der Waals surface area contributed by atoms with Crippen molar-refractivity contribution in [3.8, 4) is 33.8 Å². The summed E-state index contributed by atoms with van der Waals surface area (Å²) in [5.74, 6) is 0.801. The molecule has 0 unspecified atom stereocenters. The third-order valence-corrected chi connectivity index (χ3v) is 7.48. The van der Waals surface area contributed by atoms with Crippen LogP contribution in [0, 0.1) is 0 Å². The number of benzene rings is 4. The van der Waals surface area contributed by atoms with Crippen LogP contribution in [0.25, 0.3) is 44.2 Å². The molecule has 0 saturated carbocycles. The lowest BCUT2D eigenvalue weighted by Crippen LogP contribution is -2.03. The number of hydrogen-bond donors (Lipinski definition) is 2. The van der Waals surface area contributed by atoms with Crippen LogP contribution in [0.1, 0.15) is 38.5 Å². The molecule has 4 aromatic carbocycles. The number of phenols is 1. The van der Waals surface area contributed by atoms with Crippen LogP contribution in [0.15, 0.2) is 153 Å². The van der Waals surface area contributed by atoms with Crippen LogP contribution in [0.2, 0.25) is 0 Å². The van der Waals surface area contributed by atoms with E-state index in [1.54, 1.807) is 24.3 Å². The van der Waals surface area contributed by atoms with Crippen molar-refractivity contribution in [1.82, 2.24) is 0 Å². The van der Waals surface area contributed by atoms with E-state index in [9.17, 15) is 14.7 Å². The molecule has 0 bridgehead atoms. The minimum Gasteiger partial charge on any atom is -0.508 e. The van der Waals surface area contributed by atoms with Crippen LogP contribution < -0.4 is 16.0 Å². The van der Waals surface area contributed by atoms with Gasteiger partial charge >= 0.3 is 11.3 Å². The summed E-state index contributed by atoms with van der Waals surface area (Å²) < 4.78 is 16.4. The maximum absolute atomic E-state index is 12.3. The van der Waals surface area contributed by atoms with Gasteiger partial charge in [-0.3, -0.25) is 0 Å². The molecule has 49 heavy (non-hydrogen) atoms. The first-order valence-electron chi connectivity index (χ1n) is 16.3. The Morgan fingerprint density at radius 2 is 1.12 bits per heavy atom. The Kier molecular flexibility index (Phi) is 14.2. The van der Waals surface area contributed by atoms with Crippen molar-refractivity contribution in [3.63, 3.8) is 0 Å². The minimum absolute atomic E-state index is 0.0816. The zero-order valence-corrected chi connectivity index (χ0v) is 27.6. The highest BCUT2D eigenvalue weighted by Gasteiger charge is 2.09. The monoisotopic (exact) mass is 658 g/mol. The lowest BCUT2D eigenvalue weighted by atomic mass is 10.1. The maximum Gasteiger partial charge on any atom is 0.344 e. The first-order chi connectivity index (χ1) is 23.9. The smallest absolute Gasteiger partial charge is 0.344 e. The van der Waals surface area contributed by atoms with Crippen molar-refractivity contribution in [2.75, 3.05) is 13.2 Å². The second kappa shape index (κ2) is 19.2. The molecule has 6 aromatic rings. The quantitative estimate of drug-likeness (QED) is 0.0765. The van der Waals surface area contributed by atoms with Crippen LogP contribution >= 0.6 is 0 Å². The fraction of sp³-hybridized carbons (Fsp3) is 0.190. The summed E-state index contributed by atoms with van der Waals surface area (Å²) in [5, 5.41) is 19.3. The van der Waals surface area contributed by atoms with Crippen molar-refractivity contribution in [3.05, 3.63) is 155 Å². The van der Waals surface area contributed by atoms with Crippen molar-refractivity contribution >= 4 is 21.9 Å². The lowest BCUT2D eigenvalue weighted by Gasteiger charge is -2.07. The molecule has 7 heteroatoms. The van der Waals surface area contributed by atoms with Gasteiger partial charge in [0.1, 0.15) is 22.7 Å². The Balaban J connectivity index is 0.000000190. The summed E-state index contributed by atoms with van der Waals surface area (Å²) in [6.45, 7) is 8.21. The van der Waals surface area contributed by atoms with Gasteiger partial charge in [0.25, 0.3) is 0 Å². The zero-order valence-electron chi connectivity index (χ0n) is 27.6. The van der Waals surface area contributed by atoms with Crippen LogP contribution in [0.4, 0.5) is 0 Å². The van der Waals surface area contributed by atoms with E-state index in [-0.39, 0.29) is 11.4 Å². The first kappa shape index (κ1) is 36.2. The van der Waals surface area contributed by atoms with E-state index >= 15 is 0 Å². The lowest BCUT2D eigenvalue weighted by molar-refractivity contribution is 0.285. The zero-order chi connectivity index (χ0) is 34.8. The SMILES string of the molecule is C=CCCCCO.C=CCCCCOc1ccc2cc(-c3ccccc3)c(=O)oc2c1.O=c1oc2cc(O)ccc2cc1-c1ccccc1. The largest absolute Gasteiger partial charge is 0.508 e. The van der Waals surface area contributed by atoms with Gasteiger partial charge in [0.05, 0.1) is 17.7 Å². The molecule has 0 aliphatic rings. The molecule has 6 rings (SSSR count). The highest BCUT2D eigenvalue weighted by atomic mass is 16.5. The number of fused-ring (bicyclic) bond motifs is 2. The number of rotatable bonds is 12. The molecule has 2 heterocycles. The van der Waals surface area contributed by atoms with Gasteiger partial charge < -0.3 is 23.8 Å². The predicted molar refractivity (Wildman–Crippen MR) is 198 cm³/mol. The van der Waals surface area contributed by atoms with Gasteiger partial charge in [0.2, 0.25) is 0 Å². The summed E-state index contributed by atoms with van der Waals surface area (Å²) in [6, 6.07) is 32.9. The number of aliphatic hydroxyl groups excluding tert-OH is 1. The fourth-order valence-electron chi connectivity index (χ4n) is 4.90. The molecule has 0 aliphatic heterocycles. The molecule has 0 fully saturated rings. The van der Waals surface area contributed by atoms with E-state index in [0.717, 1.165) is 66.2 Å². The molecule has 0 saturated heterocycles. The third kappa shape index (κ3) is 10.9. The van der Waals surface area contributed by atoms with Gasteiger partial charge in [-0.05, 0) is 86.1 Å². The number of phenolic OH excluding ortho intramolecular Hbond substituents is 1. The average Bonchev–Trinajstić information content (AvgIpc) is 3.12. The van der Waals surface area contributed by atoms with Crippen molar-refractivity contribution in [2.24, 2.45) is 0 Å². The molecule has 0 radical (unpaired) electrons. The van der Waals surface area contributed by atoms with Crippen LogP contribution in [-0.2, 0) is 0 Å². The molecule has 2 aromatic heterocycles. The van der Waals surface area contributed by atoms with Crippen molar-refractivity contribution in [1.29, 1.82) is 0 Å². The predicted octanol–water partition coefficient (Wildman–Crippen LogP) is 9.70. The van der Waals surface area contributed by atoms with Gasteiger partial charge in [0, 0.05) is 29.5 Å². The van der Waals surface area contributed by atoms with Crippen molar-refractivity contribution in [2.45, 2.75) is 38.5 Å². The van der Waals surface area contributed by atoms with Gasteiger partial charge in [-0.2, -0.15) is 0 Å². The minimum atomic E-state index is -0.403. The standard InChI is InChI=1S/C21H20O3.C15H10O3.C6H12O/c1-2-3-4-8-13-23-18-12-11-17-14-19(16-9-6-5-7-10-16)21(22)24-20(17)15-18;16-12-7-6-11-8-13(10-4-2-1-3-5-10)15(17)18-14(11)9-12;1-2-3-4-5-6-7/h2,5-7,9-12,14-15H,1,3-4,8,13H2;1-9,16H;2,7H,1,3-6H2. The highest BCUT2D eigenvalue weighted by Crippen LogP contribution is 2.25.